The second-order valence-corrected chi connectivity index (χ2v) is 9.17. The molecule has 0 aromatic heterocycles. The van der Waals surface area contributed by atoms with Crippen LogP contribution < -0.4 is 10.2 Å². The van der Waals surface area contributed by atoms with Gasteiger partial charge >= 0.3 is 0 Å². The highest BCUT2D eigenvalue weighted by Gasteiger charge is 2.29. The summed E-state index contributed by atoms with van der Waals surface area (Å²) >= 11 is 0. The van der Waals surface area contributed by atoms with Crippen molar-refractivity contribution in [3.8, 4) is 0 Å². The van der Waals surface area contributed by atoms with Crippen LogP contribution in [-0.2, 0) is 19.5 Å². The number of ether oxygens (including phenoxy) is 2. The molecule has 2 aromatic carbocycles. The molecule has 1 amide bonds. The number of morpholine rings is 2. The smallest absolute Gasteiger partial charge is 0.255 e. The maximum Gasteiger partial charge on any atom is 0.255 e. The lowest BCUT2D eigenvalue weighted by atomic mass is 10.2. The minimum Gasteiger partial charge on any atom is -0.379 e. The topological polar surface area (TPSA) is 88.2 Å². The number of rotatable bonds is 5. The first kappa shape index (κ1) is 21.7. The second-order valence-electron chi connectivity index (χ2n) is 7.26. The zero-order valence-corrected chi connectivity index (χ0v) is 17.7. The molecule has 0 spiro atoms. The first-order valence-corrected chi connectivity index (χ1v) is 11.5. The molecule has 2 heterocycles. The van der Waals surface area contributed by atoms with Crippen LogP contribution in [0.1, 0.15) is 10.4 Å². The number of amides is 1. The first-order chi connectivity index (χ1) is 14.9. The number of halogens is 1. The van der Waals surface area contributed by atoms with Gasteiger partial charge in [-0.2, -0.15) is 4.31 Å². The van der Waals surface area contributed by atoms with Crippen LogP contribution in [-0.4, -0.2) is 71.2 Å². The lowest BCUT2D eigenvalue weighted by molar-refractivity contribution is 0.0729. The van der Waals surface area contributed by atoms with Crippen molar-refractivity contribution in [3.63, 3.8) is 0 Å². The third-order valence-electron chi connectivity index (χ3n) is 5.28. The first-order valence-electron chi connectivity index (χ1n) is 10.1. The molecular weight excluding hydrogens is 425 g/mol. The molecule has 0 radical (unpaired) electrons. The molecule has 2 aliphatic rings. The highest BCUT2D eigenvalue weighted by molar-refractivity contribution is 7.89. The van der Waals surface area contributed by atoms with Crippen LogP contribution in [0.15, 0.2) is 47.4 Å². The number of nitrogens with zero attached hydrogens (tertiary/aromatic N) is 2. The van der Waals surface area contributed by atoms with E-state index in [9.17, 15) is 17.6 Å². The standard InChI is InChI=1S/C21H24FN3O5S/c22-19-6-1-16(15-20(19)31(27,28)25-9-13-30-14-10-25)21(26)23-17-2-4-18(5-3-17)24-7-11-29-12-8-24/h1-6,15H,7-14H2,(H,23,26). The number of anilines is 2. The van der Waals surface area contributed by atoms with Gasteiger partial charge in [-0.15, -0.1) is 0 Å². The second kappa shape index (κ2) is 9.31. The average Bonchev–Trinajstić information content (AvgIpc) is 2.81. The van der Waals surface area contributed by atoms with Crippen molar-refractivity contribution in [2.24, 2.45) is 0 Å². The zero-order chi connectivity index (χ0) is 21.8. The Balaban J connectivity index is 1.49. The Hall–Kier alpha value is -2.53. The number of sulfonamides is 1. The molecule has 0 aliphatic carbocycles. The molecule has 2 saturated heterocycles. The van der Waals surface area contributed by atoms with Gasteiger partial charge in [0.1, 0.15) is 10.7 Å². The minimum absolute atomic E-state index is 0.0606. The van der Waals surface area contributed by atoms with Crippen LogP contribution in [0.5, 0.6) is 0 Å². The molecule has 166 valence electrons. The molecule has 2 aromatic rings. The molecule has 10 heteroatoms. The van der Waals surface area contributed by atoms with E-state index in [4.69, 9.17) is 9.47 Å². The van der Waals surface area contributed by atoms with Crippen molar-refractivity contribution >= 4 is 27.3 Å². The summed E-state index contributed by atoms with van der Waals surface area (Å²) in [6.07, 6.45) is 0. The van der Waals surface area contributed by atoms with Crippen molar-refractivity contribution in [1.29, 1.82) is 0 Å². The third kappa shape index (κ3) is 4.87. The van der Waals surface area contributed by atoms with E-state index in [1.54, 1.807) is 12.1 Å². The quantitative estimate of drug-likeness (QED) is 0.751. The molecule has 2 fully saturated rings. The summed E-state index contributed by atoms with van der Waals surface area (Å²) in [6.45, 7) is 3.77. The van der Waals surface area contributed by atoms with Crippen molar-refractivity contribution in [3.05, 3.63) is 53.8 Å². The van der Waals surface area contributed by atoms with Gasteiger partial charge in [0.15, 0.2) is 0 Å². The fourth-order valence-electron chi connectivity index (χ4n) is 3.55. The summed E-state index contributed by atoms with van der Waals surface area (Å²) in [5, 5.41) is 2.73. The predicted molar refractivity (Wildman–Crippen MR) is 113 cm³/mol. The van der Waals surface area contributed by atoms with Crippen LogP contribution in [0.2, 0.25) is 0 Å². The molecule has 0 atom stereocenters. The van der Waals surface area contributed by atoms with E-state index in [2.05, 4.69) is 10.2 Å². The average molecular weight is 450 g/mol. The number of hydrogen-bond acceptors (Lipinski definition) is 6. The van der Waals surface area contributed by atoms with Crippen molar-refractivity contribution in [2.45, 2.75) is 4.90 Å². The van der Waals surface area contributed by atoms with Gasteiger partial charge in [-0.1, -0.05) is 0 Å². The monoisotopic (exact) mass is 449 g/mol. The van der Waals surface area contributed by atoms with Crippen molar-refractivity contribution in [2.75, 3.05) is 62.8 Å². The van der Waals surface area contributed by atoms with Crippen molar-refractivity contribution in [1.82, 2.24) is 4.31 Å². The van der Waals surface area contributed by atoms with Crippen LogP contribution in [0.3, 0.4) is 0 Å². The minimum atomic E-state index is -4.06. The number of hydrogen-bond donors (Lipinski definition) is 1. The van der Waals surface area contributed by atoms with E-state index in [0.717, 1.165) is 30.9 Å². The van der Waals surface area contributed by atoms with Gasteiger partial charge in [0.25, 0.3) is 5.91 Å². The number of benzene rings is 2. The predicted octanol–water partition coefficient (Wildman–Crippen LogP) is 1.94. The molecule has 0 saturated carbocycles. The van der Waals surface area contributed by atoms with Gasteiger partial charge in [0.05, 0.1) is 26.4 Å². The zero-order valence-electron chi connectivity index (χ0n) is 16.9. The molecule has 0 bridgehead atoms. The summed E-state index contributed by atoms with van der Waals surface area (Å²) in [4.78, 5) is 14.4. The van der Waals surface area contributed by atoms with Gasteiger partial charge in [-0.25, -0.2) is 12.8 Å². The molecule has 31 heavy (non-hydrogen) atoms. The van der Waals surface area contributed by atoms with E-state index >= 15 is 0 Å². The lowest BCUT2D eigenvalue weighted by Gasteiger charge is -2.28. The molecule has 1 N–H and O–H groups in total. The van der Waals surface area contributed by atoms with Crippen LogP contribution in [0.4, 0.5) is 15.8 Å². The fourth-order valence-corrected chi connectivity index (χ4v) is 5.05. The Morgan fingerprint density at radius 2 is 1.52 bits per heavy atom. The molecular formula is C21H24FN3O5S. The van der Waals surface area contributed by atoms with E-state index in [0.29, 0.717) is 18.9 Å². The summed E-state index contributed by atoms with van der Waals surface area (Å²) in [6, 6.07) is 10.7. The number of carbonyl (C=O) groups is 1. The van der Waals surface area contributed by atoms with Gasteiger partial charge < -0.3 is 19.7 Å². The summed E-state index contributed by atoms with van der Waals surface area (Å²) in [7, 11) is -4.06. The summed E-state index contributed by atoms with van der Waals surface area (Å²) < 4.78 is 51.7. The molecule has 0 unspecified atom stereocenters. The van der Waals surface area contributed by atoms with E-state index in [1.807, 2.05) is 12.1 Å². The molecule has 8 nitrogen and oxygen atoms in total. The number of carbonyl (C=O) groups excluding carboxylic acids is 1. The highest BCUT2D eigenvalue weighted by atomic mass is 32.2. The van der Waals surface area contributed by atoms with Gasteiger partial charge in [-0.05, 0) is 42.5 Å². The SMILES string of the molecule is O=C(Nc1ccc(N2CCOCC2)cc1)c1ccc(F)c(S(=O)(=O)N2CCOCC2)c1. The Labute approximate surface area is 180 Å². The van der Waals surface area contributed by atoms with E-state index in [-0.39, 0.29) is 31.9 Å². The van der Waals surface area contributed by atoms with Crippen LogP contribution in [0.25, 0.3) is 0 Å². The highest BCUT2D eigenvalue weighted by Crippen LogP contribution is 2.23. The Morgan fingerprint density at radius 3 is 2.16 bits per heavy atom. The van der Waals surface area contributed by atoms with E-state index in [1.165, 1.54) is 10.4 Å². The van der Waals surface area contributed by atoms with Crippen LogP contribution >= 0.6 is 0 Å². The third-order valence-corrected chi connectivity index (χ3v) is 7.20. The van der Waals surface area contributed by atoms with Gasteiger partial charge in [0.2, 0.25) is 10.0 Å². The van der Waals surface area contributed by atoms with Crippen LogP contribution in [0, 0.1) is 5.82 Å². The lowest BCUT2D eigenvalue weighted by Crippen LogP contribution is -2.41. The van der Waals surface area contributed by atoms with Gasteiger partial charge in [-0.3, -0.25) is 4.79 Å². The number of nitrogens with one attached hydrogen (secondary N) is 1. The summed E-state index contributed by atoms with van der Waals surface area (Å²) in [5.74, 6) is -1.41. The van der Waals surface area contributed by atoms with Crippen molar-refractivity contribution < 1.29 is 27.1 Å². The largest absolute Gasteiger partial charge is 0.379 e. The Bertz CT molecular complexity index is 1030. The van der Waals surface area contributed by atoms with Gasteiger partial charge in [0, 0.05) is 43.1 Å². The maximum atomic E-state index is 14.3. The molecule has 2 aliphatic heterocycles. The summed E-state index contributed by atoms with van der Waals surface area (Å²) in [5.41, 5.74) is 1.65. The van der Waals surface area contributed by atoms with E-state index < -0.39 is 26.6 Å². The normalized spacial score (nSPS) is 18.0. The maximum absolute atomic E-state index is 14.3. The Morgan fingerprint density at radius 1 is 0.903 bits per heavy atom. The Kier molecular flexibility index (Phi) is 6.51. The molecule has 4 rings (SSSR count). The fraction of sp³-hybridized carbons (Fsp3) is 0.381.